The molecule has 1 fully saturated rings. The van der Waals surface area contributed by atoms with Gasteiger partial charge in [-0.3, -0.25) is 14.6 Å². The van der Waals surface area contributed by atoms with E-state index in [1.165, 1.54) is 17.8 Å². The topological polar surface area (TPSA) is 93.0 Å². The van der Waals surface area contributed by atoms with Crippen LogP contribution in [0.1, 0.15) is 35.1 Å². The van der Waals surface area contributed by atoms with Crippen LogP contribution in [0, 0.1) is 0 Å². The Kier molecular flexibility index (Phi) is 3.75. The highest BCUT2D eigenvalue weighted by Crippen LogP contribution is 2.33. The highest BCUT2D eigenvalue weighted by Gasteiger charge is 2.34. The van der Waals surface area contributed by atoms with Gasteiger partial charge in [-0.05, 0) is 25.0 Å². The summed E-state index contributed by atoms with van der Waals surface area (Å²) in [6.45, 7) is 0.551. The number of hydrogen-bond donors (Lipinski definition) is 1. The zero-order chi connectivity index (χ0) is 18.4. The molecular formula is C18H19N5O3. The highest BCUT2D eigenvalue weighted by molar-refractivity contribution is 5.94. The summed E-state index contributed by atoms with van der Waals surface area (Å²) in [6.07, 6.45) is 2.92. The third-order valence-electron chi connectivity index (χ3n) is 4.97. The summed E-state index contributed by atoms with van der Waals surface area (Å²) in [6, 6.07) is 7.62. The lowest BCUT2D eigenvalue weighted by Crippen LogP contribution is -2.38. The van der Waals surface area contributed by atoms with Gasteiger partial charge in [0.1, 0.15) is 11.4 Å². The number of aromatic amines is 1. The first-order chi connectivity index (χ1) is 12.5. The number of fused-ring (bicyclic) bond motifs is 1. The minimum Gasteiger partial charge on any atom is -0.329 e. The van der Waals surface area contributed by atoms with Crippen molar-refractivity contribution in [1.82, 2.24) is 24.0 Å². The molecule has 0 saturated carbocycles. The summed E-state index contributed by atoms with van der Waals surface area (Å²) in [5, 5.41) is 0. The van der Waals surface area contributed by atoms with Gasteiger partial charge in [-0.2, -0.15) is 0 Å². The van der Waals surface area contributed by atoms with Crippen LogP contribution in [-0.4, -0.2) is 36.5 Å². The Balaban J connectivity index is 1.76. The molecular weight excluding hydrogens is 334 g/mol. The molecule has 0 bridgehead atoms. The molecule has 0 radical (unpaired) electrons. The third-order valence-corrected chi connectivity index (χ3v) is 4.97. The number of nitrogens with zero attached hydrogens (tertiary/aromatic N) is 4. The number of amides is 1. The van der Waals surface area contributed by atoms with Gasteiger partial charge in [0.25, 0.3) is 11.5 Å². The number of carbonyl (C=O) groups is 1. The molecule has 0 aliphatic carbocycles. The van der Waals surface area contributed by atoms with Gasteiger partial charge in [0.2, 0.25) is 0 Å². The average Bonchev–Trinajstić information content (AvgIpc) is 3.22. The van der Waals surface area contributed by atoms with Crippen molar-refractivity contribution < 1.29 is 4.79 Å². The number of rotatable bonds is 2. The molecule has 1 aliphatic heterocycles. The quantitative estimate of drug-likeness (QED) is 0.742. The van der Waals surface area contributed by atoms with Gasteiger partial charge in [-0.25, -0.2) is 9.78 Å². The summed E-state index contributed by atoms with van der Waals surface area (Å²) < 4.78 is 3.20. The van der Waals surface area contributed by atoms with E-state index in [4.69, 9.17) is 4.98 Å². The number of aryl methyl sites for hydroxylation is 2. The predicted octanol–water partition coefficient (Wildman–Crippen LogP) is 0.938. The summed E-state index contributed by atoms with van der Waals surface area (Å²) in [5.74, 6) is 0.426. The van der Waals surface area contributed by atoms with Crippen LogP contribution in [0.2, 0.25) is 0 Å². The largest absolute Gasteiger partial charge is 0.329 e. The molecule has 134 valence electrons. The second kappa shape index (κ2) is 5.98. The SMILES string of the molecule is Cn1cc(C(=O)N2CCC[C@H]2c2nc3ccccc3n2C)c(=O)[nH]c1=O. The molecule has 1 atom stereocenters. The van der Waals surface area contributed by atoms with Crippen molar-refractivity contribution in [3.63, 3.8) is 0 Å². The molecule has 1 aliphatic rings. The first-order valence-corrected chi connectivity index (χ1v) is 8.49. The summed E-state index contributed by atoms with van der Waals surface area (Å²) in [7, 11) is 3.44. The zero-order valence-electron chi connectivity index (χ0n) is 14.6. The molecule has 8 heteroatoms. The van der Waals surface area contributed by atoms with Crippen molar-refractivity contribution in [2.24, 2.45) is 14.1 Å². The van der Waals surface area contributed by atoms with Crippen molar-refractivity contribution in [2.45, 2.75) is 18.9 Å². The molecule has 1 amide bonds. The number of benzene rings is 1. The van der Waals surface area contributed by atoms with Crippen molar-refractivity contribution in [2.75, 3.05) is 6.54 Å². The minimum atomic E-state index is -0.659. The van der Waals surface area contributed by atoms with E-state index in [-0.39, 0.29) is 17.5 Å². The van der Waals surface area contributed by atoms with Crippen LogP contribution in [0.4, 0.5) is 0 Å². The number of nitrogens with one attached hydrogen (secondary N) is 1. The maximum atomic E-state index is 13.0. The Bertz CT molecular complexity index is 1120. The Morgan fingerprint density at radius 2 is 2.00 bits per heavy atom. The normalized spacial score (nSPS) is 17.2. The molecule has 2 aromatic heterocycles. The van der Waals surface area contributed by atoms with Gasteiger partial charge in [-0.15, -0.1) is 0 Å². The monoisotopic (exact) mass is 353 g/mol. The maximum Gasteiger partial charge on any atom is 0.328 e. The molecule has 1 aromatic carbocycles. The lowest BCUT2D eigenvalue weighted by Gasteiger charge is -2.24. The Morgan fingerprint density at radius 3 is 2.77 bits per heavy atom. The van der Waals surface area contributed by atoms with Gasteiger partial charge in [0.15, 0.2) is 0 Å². The average molecular weight is 353 g/mol. The second-order valence-electron chi connectivity index (χ2n) is 6.59. The fraction of sp³-hybridized carbons (Fsp3) is 0.333. The summed E-state index contributed by atoms with van der Waals surface area (Å²) in [4.78, 5) is 45.2. The van der Waals surface area contributed by atoms with Crippen molar-refractivity contribution in [3.8, 4) is 0 Å². The van der Waals surface area contributed by atoms with E-state index in [1.807, 2.05) is 35.9 Å². The summed E-state index contributed by atoms with van der Waals surface area (Å²) >= 11 is 0. The Hall–Kier alpha value is -3.16. The first-order valence-electron chi connectivity index (χ1n) is 8.49. The van der Waals surface area contributed by atoms with Crippen LogP contribution in [-0.2, 0) is 14.1 Å². The van der Waals surface area contributed by atoms with Crippen LogP contribution >= 0.6 is 0 Å². The number of likely N-dealkylation sites (tertiary alicyclic amines) is 1. The molecule has 0 spiro atoms. The highest BCUT2D eigenvalue weighted by atomic mass is 16.2. The maximum absolute atomic E-state index is 13.0. The van der Waals surface area contributed by atoms with Crippen LogP contribution in [0.5, 0.6) is 0 Å². The molecule has 8 nitrogen and oxygen atoms in total. The molecule has 3 aromatic rings. The molecule has 26 heavy (non-hydrogen) atoms. The van der Waals surface area contributed by atoms with E-state index in [2.05, 4.69) is 4.98 Å². The van der Waals surface area contributed by atoms with Crippen LogP contribution in [0.15, 0.2) is 40.1 Å². The Labute approximate surface area is 148 Å². The molecule has 3 heterocycles. The second-order valence-corrected chi connectivity index (χ2v) is 6.59. The minimum absolute atomic E-state index is 0.0298. The lowest BCUT2D eigenvalue weighted by molar-refractivity contribution is 0.0725. The predicted molar refractivity (Wildman–Crippen MR) is 96.0 cm³/mol. The number of aromatic nitrogens is 4. The van der Waals surface area contributed by atoms with Gasteiger partial charge >= 0.3 is 5.69 Å². The van der Waals surface area contributed by atoms with Crippen molar-refractivity contribution >= 4 is 16.9 Å². The van der Waals surface area contributed by atoms with Gasteiger partial charge in [0.05, 0.1) is 17.1 Å². The van der Waals surface area contributed by atoms with Crippen molar-refractivity contribution in [3.05, 3.63) is 62.7 Å². The number of para-hydroxylation sites is 2. The van der Waals surface area contributed by atoms with E-state index in [1.54, 1.807) is 4.90 Å². The molecule has 0 unspecified atom stereocenters. The van der Waals surface area contributed by atoms with Crippen molar-refractivity contribution in [1.29, 1.82) is 0 Å². The standard InChI is InChI=1S/C18H19N5O3/c1-21-10-11(16(24)20-18(21)26)17(25)23-9-5-8-14(23)15-19-12-6-3-4-7-13(12)22(15)2/h3-4,6-7,10,14H,5,8-9H2,1-2H3,(H,20,24,26)/t14-/m0/s1. The van der Waals surface area contributed by atoms with Crippen LogP contribution < -0.4 is 11.2 Å². The number of hydrogen-bond acceptors (Lipinski definition) is 4. The molecule has 4 rings (SSSR count). The first kappa shape index (κ1) is 16.3. The van der Waals surface area contributed by atoms with E-state index < -0.39 is 11.2 Å². The zero-order valence-corrected chi connectivity index (χ0v) is 14.6. The number of carbonyl (C=O) groups excluding carboxylic acids is 1. The van der Waals surface area contributed by atoms with Gasteiger partial charge < -0.3 is 14.0 Å². The fourth-order valence-electron chi connectivity index (χ4n) is 3.61. The van der Waals surface area contributed by atoms with Crippen LogP contribution in [0.3, 0.4) is 0 Å². The van der Waals surface area contributed by atoms with E-state index in [0.29, 0.717) is 6.54 Å². The molecule has 1 N–H and O–H groups in total. The third kappa shape index (κ3) is 2.45. The van der Waals surface area contributed by atoms with Gasteiger partial charge in [0, 0.05) is 26.8 Å². The number of H-pyrrole nitrogens is 1. The van der Waals surface area contributed by atoms with Crippen LogP contribution in [0.25, 0.3) is 11.0 Å². The number of imidazole rings is 1. The Morgan fingerprint density at radius 1 is 1.23 bits per heavy atom. The fourth-order valence-corrected chi connectivity index (χ4v) is 3.61. The molecule has 1 saturated heterocycles. The van der Waals surface area contributed by atoms with Gasteiger partial charge in [-0.1, -0.05) is 12.1 Å². The summed E-state index contributed by atoms with van der Waals surface area (Å²) in [5.41, 5.74) is 0.650. The van der Waals surface area contributed by atoms with E-state index in [9.17, 15) is 14.4 Å². The smallest absolute Gasteiger partial charge is 0.328 e. The van der Waals surface area contributed by atoms with E-state index in [0.717, 1.165) is 29.7 Å². The van der Waals surface area contributed by atoms with E-state index >= 15 is 0 Å². The lowest BCUT2D eigenvalue weighted by atomic mass is 10.2.